The van der Waals surface area contributed by atoms with Crippen LogP contribution >= 0.6 is 21.6 Å². The number of aliphatic carboxylic acids is 2. The lowest BCUT2D eigenvalue weighted by molar-refractivity contribution is -0.139. The summed E-state index contributed by atoms with van der Waals surface area (Å²) in [5.41, 5.74) is 11.3. The van der Waals surface area contributed by atoms with E-state index in [0.29, 0.717) is 0 Å². The second kappa shape index (κ2) is 20.5. The fourth-order valence-electron chi connectivity index (χ4n) is 3.26. The van der Waals surface area contributed by atoms with Crippen LogP contribution in [0.5, 0.6) is 0 Å². The molecule has 0 amide bonds. The van der Waals surface area contributed by atoms with Crippen LogP contribution in [0.3, 0.4) is 0 Å². The van der Waals surface area contributed by atoms with Gasteiger partial charge in [-0.15, -0.1) is 0 Å². The highest BCUT2D eigenvalue weighted by molar-refractivity contribution is 8.77. The van der Waals surface area contributed by atoms with Gasteiger partial charge in [-0.05, 0) is 6.42 Å². The first-order valence-electron chi connectivity index (χ1n) is 11.6. The number of hydrogen-bond acceptors (Lipinski definition) is 6. The van der Waals surface area contributed by atoms with E-state index in [1.165, 1.54) is 98.6 Å². The smallest absolute Gasteiger partial charge is 0.321 e. The number of nitrogens with two attached hydrogens (primary N) is 2. The fourth-order valence-corrected chi connectivity index (χ4v) is 6.15. The molecule has 0 aliphatic heterocycles. The summed E-state index contributed by atoms with van der Waals surface area (Å²) in [4.78, 5) is 22.0. The maximum absolute atomic E-state index is 11.2. The minimum Gasteiger partial charge on any atom is -0.480 e. The summed E-state index contributed by atoms with van der Waals surface area (Å²) in [5, 5.41) is 17.8. The van der Waals surface area contributed by atoms with Gasteiger partial charge in [-0.25, -0.2) is 0 Å². The first-order valence-corrected chi connectivity index (χ1v) is 14.0. The maximum atomic E-state index is 11.2. The summed E-state index contributed by atoms with van der Waals surface area (Å²) in [5.74, 6) is -1.82. The maximum Gasteiger partial charge on any atom is 0.321 e. The van der Waals surface area contributed by atoms with Crippen LogP contribution in [0.2, 0.25) is 0 Å². The van der Waals surface area contributed by atoms with Gasteiger partial charge in [0.15, 0.2) is 0 Å². The molecule has 0 aromatic carbocycles. The number of hydrogen-bond donors (Lipinski definition) is 4. The SMILES string of the molecule is CCCCCCCCCCCCCCCCC(SSCC(N)C(=O)O)C(N)C(=O)O. The number of rotatable bonds is 22. The van der Waals surface area contributed by atoms with Gasteiger partial charge < -0.3 is 21.7 Å². The summed E-state index contributed by atoms with van der Waals surface area (Å²) < 4.78 is 0. The fraction of sp³-hybridized carbons (Fsp3) is 0.909. The van der Waals surface area contributed by atoms with Gasteiger partial charge in [0, 0.05) is 11.0 Å². The quantitative estimate of drug-likeness (QED) is 0.123. The molecule has 3 atom stereocenters. The molecular formula is C22H44N2O4S2. The van der Waals surface area contributed by atoms with Crippen molar-refractivity contribution in [2.45, 2.75) is 121 Å². The predicted octanol–water partition coefficient (Wildman–Crippen LogP) is 5.43. The van der Waals surface area contributed by atoms with Crippen molar-refractivity contribution in [2.24, 2.45) is 11.5 Å². The Morgan fingerprint density at radius 3 is 1.57 bits per heavy atom. The Morgan fingerprint density at radius 2 is 1.17 bits per heavy atom. The molecule has 0 saturated heterocycles. The molecule has 3 unspecified atom stereocenters. The van der Waals surface area contributed by atoms with Crippen LogP contribution < -0.4 is 11.5 Å². The Hall–Kier alpha value is -0.440. The highest BCUT2D eigenvalue weighted by Gasteiger charge is 2.25. The molecule has 0 heterocycles. The topological polar surface area (TPSA) is 127 Å². The van der Waals surface area contributed by atoms with E-state index < -0.39 is 24.0 Å². The molecule has 0 aliphatic rings. The van der Waals surface area contributed by atoms with E-state index in [-0.39, 0.29) is 11.0 Å². The Morgan fingerprint density at radius 1 is 0.733 bits per heavy atom. The zero-order valence-corrected chi connectivity index (χ0v) is 20.4. The van der Waals surface area contributed by atoms with E-state index in [9.17, 15) is 14.7 Å². The molecule has 178 valence electrons. The van der Waals surface area contributed by atoms with Crippen LogP contribution in [-0.2, 0) is 9.59 Å². The number of carboxylic acid groups (broad SMARTS) is 2. The molecule has 0 aromatic heterocycles. The van der Waals surface area contributed by atoms with Crippen molar-refractivity contribution in [3.05, 3.63) is 0 Å². The van der Waals surface area contributed by atoms with Gasteiger partial charge in [0.1, 0.15) is 12.1 Å². The van der Waals surface area contributed by atoms with E-state index in [4.69, 9.17) is 16.6 Å². The first kappa shape index (κ1) is 29.6. The van der Waals surface area contributed by atoms with Gasteiger partial charge in [-0.2, -0.15) is 0 Å². The van der Waals surface area contributed by atoms with Crippen molar-refractivity contribution in [2.75, 3.05) is 5.75 Å². The number of unbranched alkanes of at least 4 members (excludes halogenated alkanes) is 13. The normalized spacial score (nSPS) is 14.4. The molecule has 0 saturated carbocycles. The zero-order chi connectivity index (χ0) is 22.6. The largest absolute Gasteiger partial charge is 0.480 e. The Bertz CT molecular complexity index is 441. The van der Waals surface area contributed by atoms with E-state index in [1.54, 1.807) is 0 Å². The van der Waals surface area contributed by atoms with Crippen molar-refractivity contribution >= 4 is 33.5 Å². The number of carbonyl (C=O) groups is 2. The second-order valence-electron chi connectivity index (χ2n) is 8.11. The molecule has 0 aromatic rings. The molecule has 6 nitrogen and oxygen atoms in total. The van der Waals surface area contributed by atoms with Gasteiger partial charge >= 0.3 is 11.9 Å². The van der Waals surface area contributed by atoms with Crippen LogP contribution in [-0.4, -0.2) is 45.2 Å². The van der Waals surface area contributed by atoms with Crippen LogP contribution in [0.15, 0.2) is 0 Å². The van der Waals surface area contributed by atoms with Gasteiger partial charge in [0.05, 0.1) is 0 Å². The average Bonchev–Trinajstić information content (AvgIpc) is 2.71. The Labute approximate surface area is 191 Å². The lowest BCUT2D eigenvalue weighted by Gasteiger charge is -2.20. The van der Waals surface area contributed by atoms with Crippen LogP contribution in [0.25, 0.3) is 0 Å². The molecule has 0 radical (unpaired) electrons. The first-order chi connectivity index (χ1) is 14.4. The minimum atomic E-state index is -1.05. The minimum absolute atomic E-state index is 0.231. The third-order valence-electron chi connectivity index (χ3n) is 5.28. The van der Waals surface area contributed by atoms with E-state index in [2.05, 4.69) is 6.92 Å². The van der Waals surface area contributed by atoms with Gasteiger partial charge in [0.2, 0.25) is 0 Å². The van der Waals surface area contributed by atoms with Gasteiger partial charge in [0.25, 0.3) is 0 Å². The molecule has 0 rings (SSSR count). The van der Waals surface area contributed by atoms with E-state index >= 15 is 0 Å². The summed E-state index contributed by atoms with van der Waals surface area (Å²) in [6, 6.07) is -1.88. The second-order valence-corrected chi connectivity index (χ2v) is 10.8. The van der Waals surface area contributed by atoms with Crippen molar-refractivity contribution in [3.8, 4) is 0 Å². The summed E-state index contributed by atoms with van der Waals surface area (Å²) >= 11 is 0. The highest BCUT2D eigenvalue weighted by Crippen LogP contribution is 2.32. The number of carboxylic acids is 2. The molecular weight excluding hydrogens is 420 g/mol. The Balaban J connectivity index is 3.73. The predicted molar refractivity (Wildman–Crippen MR) is 130 cm³/mol. The summed E-state index contributed by atoms with van der Waals surface area (Å²) in [6.45, 7) is 2.25. The average molecular weight is 465 g/mol. The lowest BCUT2D eigenvalue weighted by atomic mass is 10.0. The molecule has 0 fully saturated rings. The van der Waals surface area contributed by atoms with Crippen LogP contribution in [0.4, 0.5) is 0 Å². The van der Waals surface area contributed by atoms with Crippen molar-refractivity contribution in [1.82, 2.24) is 0 Å². The molecule has 6 N–H and O–H groups in total. The third kappa shape index (κ3) is 17.3. The standard InChI is InChI=1S/C22H44N2O4S2/c1-2-3-4-5-6-7-8-9-10-11-12-13-14-15-16-19(20(24)22(27)28)30-29-17-18(23)21(25)26/h18-20H,2-17,23-24H2,1H3,(H,25,26)(H,27,28). The molecule has 0 bridgehead atoms. The lowest BCUT2D eigenvalue weighted by Crippen LogP contribution is -2.40. The summed E-state index contributed by atoms with van der Waals surface area (Å²) in [6.07, 6.45) is 18.7. The van der Waals surface area contributed by atoms with E-state index in [0.717, 1.165) is 19.3 Å². The van der Waals surface area contributed by atoms with Crippen molar-refractivity contribution < 1.29 is 19.8 Å². The van der Waals surface area contributed by atoms with Crippen molar-refractivity contribution in [3.63, 3.8) is 0 Å². The van der Waals surface area contributed by atoms with Gasteiger partial charge in [-0.1, -0.05) is 118 Å². The Kier molecular flexibility index (Phi) is 20.2. The van der Waals surface area contributed by atoms with E-state index in [1.807, 2.05) is 0 Å². The third-order valence-corrected chi connectivity index (χ3v) is 8.25. The highest BCUT2D eigenvalue weighted by atomic mass is 33.1. The molecule has 8 heteroatoms. The molecule has 0 aliphatic carbocycles. The van der Waals surface area contributed by atoms with Crippen LogP contribution in [0.1, 0.15) is 103 Å². The van der Waals surface area contributed by atoms with Gasteiger partial charge in [-0.3, -0.25) is 9.59 Å². The molecule has 0 spiro atoms. The summed E-state index contributed by atoms with van der Waals surface area (Å²) in [7, 11) is 2.65. The monoisotopic (exact) mass is 464 g/mol. The van der Waals surface area contributed by atoms with Crippen molar-refractivity contribution in [1.29, 1.82) is 0 Å². The zero-order valence-electron chi connectivity index (χ0n) is 18.7. The molecule has 30 heavy (non-hydrogen) atoms. The van der Waals surface area contributed by atoms with Crippen LogP contribution in [0, 0.1) is 0 Å².